The van der Waals surface area contributed by atoms with Crippen molar-refractivity contribution in [3.05, 3.63) is 65.9 Å². The Bertz CT molecular complexity index is 888. The fraction of sp³-hybridized carbons (Fsp3) is 0.0714. The number of fused-ring (bicyclic) bond motifs is 1. The van der Waals surface area contributed by atoms with Gasteiger partial charge in [0.1, 0.15) is 6.10 Å². The molecule has 7 heteroatoms. The number of aliphatic hydroxyl groups excluding tert-OH is 1. The smallest absolute Gasteiger partial charge is 0.323 e. The second-order valence-corrected chi connectivity index (χ2v) is 6.71. The normalized spacial score (nSPS) is 12.8. The molecule has 1 unspecified atom stereocenters. The molecule has 0 saturated heterocycles. The van der Waals surface area contributed by atoms with Gasteiger partial charge in [0.25, 0.3) is 0 Å². The van der Waals surface area contributed by atoms with Crippen LogP contribution in [0, 0.1) is 0 Å². The molecular formula is C14H9Br2ClN2O2. The van der Waals surface area contributed by atoms with Crippen LogP contribution in [0.5, 0.6) is 0 Å². The molecule has 1 heterocycles. The summed E-state index contributed by atoms with van der Waals surface area (Å²) in [5.74, 6) is 0. The second kappa shape index (κ2) is 5.61. The summed E-state index contributed by atoms with van der Waals surface area (Å²) in [6.45, 7) is 0. The van der Waals surface area contributed by atoms with Crippen molar-refractivity contribution in [2.45, 2.75) is 6.10 Å². The summed E-state index contributed by atoms with van der Waals surface area (Å²) in [5.41, 5.74) is 2.32. The van der Waals surface area contributed by atoms with Crippen LogP contribution in [0.15, 0.2) is 44.1 Å². The Morgan fingerprint density at radius 2 is 1.62 bits per heavy atom. The van der Waals surface area contributed by atoms with E-state index >= 15 is 0 Å². The highest BCUT2D eigenvalue weighted by Gasteiger charge is 2.18. The number of imidazole rings is 1. The van der Waals surface area contributed by atoms with Crippen molar-refractivity contribution >= 4 is 54.5 Å². The first kappa shape index (κ1) is 14.8. The van der Waals surface area contributed by atoms with Gasteiger partial charge < -0.3 is 15.1 Å². The second-order valence-electron chi connectivity index (χ2n) is 4.57. The molecule has 0 saturated carbocycles. The first-order valence-electron chi connectivity index (χ1n) is 6.00. The molecular weight excluding hydrogens is 423 g/mol. The zero-order chi connectivity index (χ0) is 15.1. The molecule has 2 aromatic carbocycles. The van der Waals surface area contributed by atoms with Gasteiger partial charge in [-0.1, -0.05) is 43.5 Å². The van der Waals surface area contributed by atoms with Crippen LogP contribution in [0.25, 0.3) is 11.0 Å². The first-order chi connectivity index (χ1) is 9.95. The quantitative estimate of drug-likeness (QED) is 0.570. The van der Waals surface area contributed by atoms with Crippen LogP contribution >= 0.6 is 43.5 Å². The molecule has 0 bridgehead atoms. The van der Waals surface area contributed by atoms with Gasteiger partial charge in [0, 0.05) is 25.1 Å². The zero-order valence-corrected chi connectivity index (χ0v) is 14.4. The summed E-state index contributed by atoms with van der Waals surface area (Å²) in [6.07, 6.45) is -0.879. The lowest BCUT2D eigenvalue weighted by Gasteiger charge is -2.15. The minimum atomic E-state index is -0.879. The zero-order valence-electron chi connectivity index (χ0n) is 10.5. The van der Waals surface area contributed by atoms with Crippen LogP contribution < -0.4 is 5.69 Å². The molecule has 4 nitrogen and oxygen atoms in total. The Morgan fingerprint density at radius 3 is 2.33 bits per heavy atom. The number of hydrogen-bond donors (Lipinski definition) is 3. The summed E-state index contributed by atoms with van der Waals surface area (Å²) in [4.78, 5) is 16.7. The summed E-state index contributed by atoms with van der Waals surface area (Å²) in [6, 6.07) is 8.71. The Hall–Kier alpha value is -1.08. The van der Waals surface area contributed by atoms with E-state index in [1.54, 1.807) is 30.3 Å². The van der Waals surface area contributed by atoms with Gasteiger partial charge in [-0.05, 0) is 30.3 Å². The van der Waals surface area contributed by atoms with Gasteiger partial charge in [0.2, 0.25) is 0 Å². The fourth-order valence-corrected chi connectivity index (χ4v) is 3.38. The molecule has 0 amide bonds. The Balaban J connectivity index is 2.16. The molecule has 1 aromatic heterocycles. The van der Waals surface area contributed by atoms with E-state index in [0.29, 0.717) is 31.7 Å². The molecule has 0 aliphatic heterocycles. The maximum atomic E-state index is 11.3. The number of H-pyrrole nitrogens is 2. The molecule has 1 atom stereocenters. The van der Waals surface area contributed by atoms with E-state index in [1.807, 2.05) is 0 Å². The van der Waals surface area contributed by atoms with Crippen molar-refractivity contribution in [3.63, 3.8) is 0 Å². The van der Waals surface area contributed by atoms with E-state index in [-0.39, 0.29) is 5.69 Å². The van der Waals surface area contributed by atoms with Crippen molar-refractivity contribution in [2.75, 3.05) is 0 Å². The van der Waals surface area contributed by atoms with Crippen LogP contribution in [-0.4, -0.2) is 15.1 Å². The van der Waals surface area contributed by atoms with Crippen LogP contribution in [0.3, 0.4) is 0 Å². The minimum Gasteiger partial charge on any atom is -0.384 e. The maximum Gasteiger partial charge on any atom is 0.323 e. The predicted molar refractivity (Wildman–Crippen MR) is 89.8 cm³/mol. The monoisotopic (exact) mass is 430 g/mol. The largest absolute Gasteiger partial charge is 0.384 e. The topological polar surface area (TPSA) is 68.9 Å². The van der Waals surface area contributed by atoms with E-state index in [1.165, 1.54) is 0 Å². The Labute approximate surface area is 141 Å². The number of aromatic nitrogens is 2. The number of hydrogen-bond acceptors (Lipinski definition) is 2. The molecule has 21 heavy (non-hydrogen) atoms. The molecule has 3 rings (SSSR count). The first-order valence-corrected chi connectivity index (χ1v) is 7.96. The molecule has 0 aliphatic carbocycles. The highest BCUT2D eigenvalue weighted by Crippen LogP contribution is 2.35. The lowest BCUT2D eigenvalue weighted by Crippen LogP contribution is -2.02. The number of rotatable bonds is 2. The third kappa shape index (κ3) is 2.81. The third-order valence-corrected chi connectivity index (χ3v) is 4.82. The van der Waals surface area contributed by atoms with Crippen molar-refractivity contribution in [1.29, 1.82) is 0 Å². The lowest BCUT2D eigenvalue weighted by molar-refractivity contribution is 0.219. The van der Waals surface area contributed by atoms with E-state index < -0.39 is 6.10 Å². The number of benzene rings is 2. The molecule has 3 N–H and O–H groups in total. The standard InChI is InChI=1S/C14H9Br2ClN2O2/c15-9-2-1-6(17)3-7(9)13(20)8-4-11-12(5-10(8)16)19-14(21)18-11/h1-5,13,20H,(H2,18,19,21). The van der Waals surface area contributed by atoms with Crippen LogP contribution in [-0.2, 0) is 0 Å². The lowest BCUT2D eigenvalue weighted by atomic mass is 10.0. The third-order valence-electron chi connectivity index (χ3n) is 3.18. The fourth-order valence-electron chi connectivity index (χ4n) is 2.17. The SMILES string of the molecule is O=c1[nH]c2cc(Br)c(C(O)c3cc(Cl)ccc3Br)cc2[nH]1. The van der Waals surface area contributed by atoms with Gasteiger partial charge in [-0.3, -0.25) is 0 Å². The predicted octanol–water partition coefficient (Wildman–Crippen LogP) is 4.12. The van der Waals surface area contributed by atoms with Gasteiger partial charge in [0.15, 0.2) is 0 Å². The average Bonchev–Trinajstić information content (AvgIpc) is 2.79. The van der Waals surface area contributed by atoms with E-state index in [2.05, 4.69) is 41.8 Å². The number of aliphatic hydroxyl groups is 1. The van der Waals surface area contributed by atoms with E-state index in [4.69, 9.17) is 11.6 Å². The Kier molecular flexibility index (Phi) is 3.96. The molecule has 0 aliphatic rings. The molecule has 3 aromatic rings. The van der Waals surface area contributed by atoms with E-state index in [0.717, 1.165) is 4.47 Å². The molecule has 0 spiro atoms. The van der Waals surface area contributed by atoms with Crippen LogP contribution in [0.4, 0.5) is 0 Å². The van der Waals surface area contributed by atoms with Gasteiger partial charge in [-0.15, -0.1) is 0 Å². The number of halogens is 3. The van der Waals surface area contributed by atoms with E-state index in [9.17, 15) is 9.90 Å². The molecule has 108 valence electrons. The number of aromatic amines is 2. The number of nitrogens with one attached hydrogen (secondary N) is 2. The minimum absolute atomic E-state index is 0.285. The van der Waals surface area contributed by atoms with Crippen LogP contribution in [0.2, 0.25) is 5.02 Å². The van der Waals surface area contributed by atoms with Crippen molar-refractivity contribution in [1.82, 2.24) is 9.97 Å². The van der Waals surface area contributed by atoms with Gasteiger partial charge >= 0.3 is 5.69 Å². The summed E-state index contributed by atoms with van der Waals surface area (Å²) >= 11 is 12.8. The Morgan fingerprint density at radius 1 is 1.00 bits per heavy atom. The summed E-state index contributed by atoms with van der Waals surface area (Å²) < 4.78 is 1.46. The van der Waals surface area contributed by atoms with Crippen molar-refractivity contribution in [2.24, 2.45) is 0 Å². The van der Waals surface area contributed by atoms with Crippen molar-refractivity contribution < 1.29 is 5.11 Å². The highest BCUT2D eigenvalue weighted by atomic mass is 79.9. The molecule has 0 fully saturated rings. The average molecular weight is 432 g/mol. The summed E-state index contributed by atoms with van der Waals surface area (Å²) in [7, 11) is 0. The van der Waals surface area contributed by atoms with Gasteiger partial charge in [-0.25, -0.2) is 4.79 Å². The highest BCUT2D eigenvalue weighted by molar-refractivity contribution is 9.10. The van der Waals surface area contributed by atoms with Crippen molar-refractivity contribution in [3.8, 4) is 0 Å². The van der Waals surface area contributed by atoms with Gasteiger partial charge in [-0.2, -0.15) is 0 Å². The molecule has 0 radical (unpaired) electrons. The maximum absolute atomic E-state index is 11.3. The van der Waals surface area contributed by atoms with Gasteiger partial charge in [0.05, 0.1) is 11.0 Å². The summed E-state index contributed by atoms with van der Waals surface area (Å²) in [5, 5.41) is 11.2. The van der Waals surface area contributed by atoms with Crippen LogP contribution in [0.1, 0.15) is 17.2 Å².